The van der Waals surface area contributed by atoms with Crippen LogP contribution in [0.4, 0.5) is 0 Å². The number of amides is 1. The van der Waals surface area contributed by atoms with Crippen molar-refractivity contribution in [2.45, 2.75) is 26.2 Å². The van der Waals surface area contributed by atoms with E-state index in [1.165, 1.54) is 12.1 Å². The second-order valence-corrected chi connectivity index (χ2v) is 5.26. The number of aryl methyl sites for hydroxylation is 1. The summed E-state index contributed by atoms with van der Waals surface area (Å²) in [6.45, 7) is 1.94. The Balaban J connectivity index is 0.000000435. The van der Waals surface area contributed by atoms with Gasteiger partial charge in [-0.25, -0.2) is 9.59 Å². The van der Waals surface area contributed by atoms with E-state index in [9.17, 15) is 19.5 Å². The van der Waals surface area contributed by atoms with Gasteiger partial charge >= 0.3 is 11.9 Å². The predicted molar refractivity (Wildman–Crippen MR) is 93.9 cm³/mol. The minimum Gasteiger partial charge on any atom is -0.478 e. The van der Waals surface area contributed by atoms with Crippen molar-refractivity contribution in [2.24, 2.45) is 5.73 Å². The summed E-state index contributed by atoms with van der Waals surface area (Å²) in [4.78, 5) is 33.7. The van der Waals surface area contributed by atoms with E-state index >= 15 is 0 Å². The second-order valence-electron chi connectivity index (χ2n) is 5.26. The van der Waals surface area contributed by atoms with Crippen molar-refractivity contribution in [1.29, 1.82) is 0 Å². The lowest BCUT2D eigenvalue weighted by Crippen LogP contribution is -2.21. The van der Waals surface area contributed by atoms with E-state index in [2.05, 4.69) is 0 Å². The molecule has 1 amide bonds. The molecule has 0 saturated heterocycles. The number of benzene rings is 2. The Labute approximate surface area is 145 Å². The van der Waals surface area contributed by atoms with Crippen molar-refractivity contribution in [1.82, 2.24) is 0 Å². The van der Waals surface area contributed by atoms with E-state index in [4.69, 9.17) is 10.8 Å². The van der Waals surface area contributed by atoms with Gasteiger partial charge in [-0.05, 0) is 24.5 Å². The Kier molecular flexibility index (Phi) is 7.86. The smallest absolute Gasteiger partial charge is 0.337 e. The minimum absolute atomic E-state index is 0.287. The van der Waals surface area contributed by atoms with Crippen molar-refractivity contribution in [3.05, 3.63) is 70.8 Å². The van der Waals surface area contributed by atoms with Gasteiger partial charge in [-0.1, -0.05) is 55.8 Å². The highest BCUT2D eigenvalue weighted by molar-refractivity contribution is 6.11. The molecule has 4 N–H and O–H groups in total. The van der Waals surface area contributed by atoms with Crippen LogP contribution < -0.4 is 5.73 Å². The Morgan fingerprint density at radius 2 is 1.36 bits per heavy atom. The van der Waals surface area contributed by atoms with Crippen molar-refractivity contribution < 1.29 is 24.6 Å². The van der Waals surface area contributed by atoms with Crippen molar-refractivity contribution >= 4 is 17.8 Å². The number of rotatable bonds is 6. The van der Waals surface area contributed by atoms with Crippen molar-refractivity contribution in [2.75, 3.05) is 0 Å². The number of carboxylic acid groups (broad SMARTS) is 2. The molecule has 2 aromatic rings. The first-order valence-corrected chi connectivity index (χ1v) is 7.82. The topological polar surface area (TPSA) is 118 Å². The van der Waals surface area contributed by atoms with E-state index in [0.717, 1.165) is 12.8 Å². The summed E-state index contributed by atoms with van der Waals surface area (Å²) in [6, 6.07) is 14.7. The highest BCUT2D eigenvalue weighted by Crippen LogP contribution is 2.21. The summed E-state index contributed by atoms with van der Waals surface area (Å²) in [7, 11) is 0. The average Bonchev–Trinajstić information content (AvgIpc) is 2.60. The zero-order valence-corrected chi connectivity index (χ0v) is 13.9. The molecular formula is C19H21NO5. The highest BCUT2D eigenvalue weighted by atomic mass is 16.4. The second kappa shape index (κ2) is 9.87. The fourth-order valence-electron chi connectivity index (χ4n) is 2.28. The van der Waals surface area contributed by atoms with Gasteiger partial charge in [0.2, 0.25) is 5.91 Å². The summed E-state index contributed by atoms with van der Waals surface area (Å²) in [5.41, 5.74) is 4.31. The zero-order valence-electron chi connectivity index (χ0n) is 13.9. The Morgan fingerprint density at radius 1 is 0.880 bits per heavy atom. The molecule has 0 bridgehead atoms. The molecule has 6 nitrogen and oxygen atoms in total. The van der Waals surface area contributed by atoms with Crippen LogP contribution in [0, 0.1) is 0 Å². The van der Waals surface area contributed by atoms with Crippen molar-refractivity contribution in [3.63, 3.8) is 0 Å². The Bertz CT molecular complexity index is 714. The number of carbonyl (C=O) groups is 3. The van der Waals surface area contributed by atoms with Gasteiger partial charge in [-0.2, -0.15) is 0 Å². The van der Waals surface area contributed by atoms with Gasteiger partial charge in [-0.15, -0.1) is 0 Å². The number of carboxylic acids is 2. The van der Waals surface area contributed by atoms with Gasteiger partial charge in [0.1, 0.15) is 0 Å². The van der Waals surface area contributed by atoms with Gasteiger partial charge < -0.3 is 15.9 Å². The van der Waals surface area contributed by atoms with E-state index in [1.807, 2.05) is 43.3 Å². The van der Waals surface area contributed by atoms with Gasteiger partial charge in [0.25, 0.3) is 0 Å². The number of hydrogen-bond acceptors (Lipinski definition) is 3. The SMILES string of the molecule is CCCCc1ccc(C(N)=O)c(C(=O)O)c1C(=O)O.c1ccccc1. The van der Waals surface area contributed by atoms with Crippen LogP contribution in [0.3, 0.4) is 0 Å². The molecule has 0 saturated carbocycles. The molecule has 25 heavy (non-hydrogen) atoms. The molecule has 0 radical (unpaired) electrons. The average molecular weight is 343 g/mol. The van der Waals surface area contributed by atoms with Crippen LogP contribution >= 0.6 is 0 Å². The van der Waals surface area contributed by atoms with Crippen LogP contribution in [0.1, 0.15) is 56.4 Å². The first-order chi connectivity index (χ1) is 11.9. The standard InChI is InChI=1S/C13H15NO5.C6H6/c1-2-3-4-7-5-6-8(11(14)15)10(13(18)19)9(7)12(16)17;1-2-4-6-5-3-1/h5-6H,2-4H2,1H3,(H2,14,15)(H,16,17)(H,18,19);1-6H. The Morgan fingerprint density at radius 3 is 1.72 bits per heavy atom. The van der Waals surface area contributed by atoms with Crippen LogP contribution in [-0.4, -0.2) is 28.1 Å². The quantitative estimate of drug-likeness (QED) is 0.744. The first-order valence-electron chi connectivity index (χ1n) is 7.82. The molecule has 0 aromatic heterocycles. The predicted octanol–water partition coefficient (Wildman–Crippen LogP) is 3.21. The lowest BCUT2D eigenvalue weighted by molar-refractivity contribution is 0.0648. The van der Waals surface area contributed by atoms with Crippen LogP contribution in [0.15, 0.2) is 48.5 Å². The fourth-order valence-corrected chi connectivity index (χ4v) is 2.28. The summed E-state index contributed by atoms with van der Waals surface area (Å²) in [5, 5.41) is 18.3. The maximum atomic E-state index is 11.3. The molecule has 2 rings (SSSR count). The summed E-state index contributed by atoms with van der Waals surface area (Å²) in [5.74, 6) is -3.79. The third-order valence-corrected chi connectivity index (χ3v) is 3.45. The lowest BCUT2D eigenvalue weighted by Gasteiger charge is -2.11. The molecule has 0 aliphatic rings. The third-order valence-electron chi connectivity index (χ3n) is 3.45. The number of nitrogens with two attached hydrogens (primary N) is 1. The van der Waals surface area contributed by atoms with Crippen molar-refractivity contribution in [3.8, 4) is 0 Å². The van der Waals surface area contributed by atoms with E-state index in [0.29, 0.717) is 12.0 Å². The van der Waals surface area contributed by atoms with E-state index in [-0.39, 0.29) is 11.1 Å². The van der Waals surface area contributed by atoms with Gasteiger partial charge in [0.15, 0.2) is 0 Å². The maximum absolute atomic E-state index is 11.3. The molecule has 6 heteroatoms. The monoisotopic (exact) mass is 343 g/mol. The number of carbonyl (C=O) groups excluding carboxylic acids is 1. The molecular weight excluding hydrogens is 322 g/mol. The van der Waals surface area contributed by atoms with Crippen LogP contribution in [0.2, 0.25) is 0 Å². The molecule has 0 spiro atoms. The third kappa shape index (κ3) is 5.76. The largest absolute Gasteiger partial charge is 0.478 e. The number of unbranched alkanes of at least 4 members (excludes halogenated alkanes) is 1. The first kappa shape index (κ1) is 19.9. The summed E-state index contributed by atoms with van der Waals surface area (Å²) in [6.07, 6.45) is 2.02. The molecule has 0 aliphatic carbocycles. The number of primary amides is 1. The van der Waals surface area contributed by atoms with Crippen LogP contribution in [0.25, 0.3) is 0 Å². The molecule has 0 heterocycles. The normalized spacial score (nSPS) is 9.64. The highest BCUT2D eigenvalue weighted by Gasteiger charge is 2.25. The van der Waals surface area contributed by atoms with Gasteiger partial charge in [0.05, 0.1) is 16.7 Å². The molecule has 0 atom stereocenters. The summed E-state index contributed by atoms with van der Waals surface area (Å²) < 4.78 is 0. The van der Waals surface area contributed by atoms with Crippen LogP contribution in [0.5, 0.6) is 0 Å². The minimum atomic E-state index is -1.47. The molecule has 2 aromatic carbocycles. The lowest BCUT2D eigenvalue weighted by atomic mass is 9.93. The van der Waals surface area contributed by atoms with E-state index < -0.39 is 23.4 Å². The van der Waals surface area contributed by atoms with E-state index in [1.54, 1.807) is 0 Å². The van der Waals surface area contributed by atoms with Crippen LogP contribution in [-0.2, 0) is 6.42 Å². The van der Waals surface area contributed by atoms with Gasteiger partial charge in [0, 0.05) is 0 Å². The molecule has 0 aliphatic heterocycles. The Hall–Kier alpha value is -3.15. The summed E-state index contributed by atoms with van der Waals surface area (Å²) >= 11 is 0. The number of aromatic carboxylic acids is 2. The molecule has 0 unspecified atom stereocenters. The molecule has 132 valence electrons. The fraction of sp³-hybridized carbons (Fsp3) is 0.211. The number of hydrogen-bond donors (Lipinski definition) is 3. The van der Waals surface area contributed by atoms with Gasteiger partial charge in [-0.3, -0.25) is 4.79 Å². The molecule has 0 fully saturated rings. The maximum Gasteiger partial charge on any atom is 0.337 e. The zero-order chi connectivity index (χ0) is 18.8.